The second-order valence-corrected chi connectivity index (χ2v) is 10.1. The van der Waals surface area contributed by atoms with E-state index >= 15 is 0 Å². The first kappa shape index (κ1) is 21.5. The number of nitrogens with zero attached hydrogens (tertiary/aromatic N) is 5. The van der Waals surface area contributed by atoms with E-state index in [0.29, 0.717) is 57.2 Å². The molecule has 0 aliphatic carbocycles. The molecule has 0 atom stereocenters. The van der Waals surface area contributed by atoms with E-state index in [0.717, 1.165) is 5.56 Å². The molecule has 0 unspecified atom stereocenters. The topological polar surface area (TPSA) is 86.7 Å². The molecule has 3 aromatic rings. The molecule has 0 radical (unpaired) electrons. The molecule has 8 nitrogen and oxygen atoms in total. The summed E-state index contributed by atoms with van der Waals surface area (Å²) in [4.78, 5) is 25.5. The van der Waals surface area contributed by atoms with Crippen molar-refractivity contribution in [3.63, 3.8) is 0 Å². The fourth-order valence-corrected chi connectivity index (χ4v) is 5.76. The number of hydrogen-bond acceptors (Lipinski definition) is 6. The maximum absolute atomic E-state index is 13.2. The zero-order chi connectivity index (χ0) is 22.8. The zero-order valence-corrected chi connectivity index (χ0v) is 19.0. The van der Waals surface area contributed by atoms with Crippen molar-refractivity contribution in [2.24, 2.45) is 0 Å². The highest BCUT2D eigenvalue weighted by molar-refractivity contribution is 7.89. The number of sulfonamides is 1. The van der Waals surface area contributed by atoms with Gasteiger partial charge >= 0.3 is 0 Å². The van der Waals surface area contributed by atoms with Gasteiger partial charge in [0.05, 0.1) is 4.90 Å². The van der Waals surface area contributed by atoms with Crippen molar-refractivity contribution in [1.29, 1.82) is 0 Å². The number of aromatic nitrogens is 2. The van der Waals surface area contributed by atoms with Crippen LogP contribution < -0.4 is 4.90 Å². The van der Waals surface area contributed by atoms with Crippen molar-refractivity contribution in [2.75, 3.05) is 37.6 Å². The maximum atomic E-state index is 13.2. The molecule has 2 aliphatic heterocycles. The zero-order valence-electron chi connectivity index (χ0n) is 18.2. The molecule has 170 valence electrons. The lowest BCUT2D eigenvalue weighted by Gasteiger charge is -2.34. The van der Waals surface area contributed by atoms with Gasteiger partial charge in [-0.15, -0.1) is 0 Å². The van der Waals surface area contributed by atoms with Crippen LogP contribution in [0.3, 0.4) is 0 Å². The molecule has 3 heterocycles. The average molecular weight is 464 g/mol. The molecule has 1 saturated heterocycles. The summed E-state index contributed by atoms with van der Waals surface area (Å²) in [6, 6.07) is 16.0. The highest BCUT2D eigenvalue weighted by Gasteiger charge is 2.29. The average Bonchev–Trinajstić information content (AvgIpc) is 2.88. The van der Waals surface area contributed by atoms with Gasteiger partial charge in [0.1, 0.15) is 0 Å². The van der Waals surface area contributed by atoms with Crippen molar-refractivity contribution >= 4 is 21.9 Å². The first-order chi connectivity index (χ1) is 16.0. The summed E-state index contributed by atoms with van der Waals surface area (Å²) in [5, 5.41) is 0. The quantitative estimate of drug-likeness (QED) is 0.590. The van der Waals surface area contributed by atoms with E-state index in [1.54, 1.807) is 35.5 Å². The van der Waals surface area contributed by atoms with E-state index < -0.39 is 10.0 Å². The summed E-state index contributed by atoms with van der Waals surface area (Å²) >= 11 is 0. The van der Waals surface area contributed by atoms with Crippen LogP contribution in [0.4, 0.5) is 5.95 Å². The SMILES string of the molecule is O=C(c1ccc(S(=O)(=O)N2CCc3ccccc3C2)cc1)N1CCN(c2ncccn2)CC1. The van der Waals surface area contributed by atoms with E-state index in [9.17, 15) is 13.2 Å². The molecular weight excluding hydrogens is 438 g/mol. The molecule has 1 fully saturated rings. The van der Waals surface area contributed by atoms with Gasteiger partial charge in [-0.1, -0.05) is 24.3 Å². The number of amides is 1. The summed E-state index contributed by atoms with van der Waals surface area (Å²) in [6.07, 6.45) is 4.11. The van der Waals surface area contributed by atoms with Crippen LogP contribution in [0, 0.1) is 0 Å². The van der Waals surface area contributed by atoms with Crippen molar-refractivity contribution in [3.8, 4) is 0 Å². The largest absolute Gasteiger partial charge is 0.337 e. The van der Waals surface area contributed by atoms with E-state index in [4.69, 9.17) is 0 Å². The minimum Gasteiger partial charge on any atom is -0.337 e. The van der Waals surface area contributed by atoms with Crippen LogP contribution in [0.5, 0.6) is 0 Å². The minimum atomic E-state index is -3.62. The lowest BCUT2D eigenvalue weighted by molar-refractivity contribution is 0.0746. The third-order valence-electron chi connectivity index (χ3n) is 6.24. The first-order valence-corrected chi connectivity index (χ1v) is 12.4. The Morgan fingerprint density at radius 3 is 2.15 bits per heavy atom. The number of fused-ring (bicyclic) bond motifs is 1. The van der Waals surface area contributed by atoms with Crippen molar-refractivity contribution in [1.82, 2.24) is 19.2 Å². The molecule has 33 heavy (non-hydrogen) atoms. The molecular formula is C24H25N5O3S. The summed E-state index contributed by atoms with van der Waals surface area (Å²) in [7, 11) is -3.62. The Bertz CT molecular complexity index is 1240. The molecule has 2 aromatic carbocycles. The van der Waals surface area contributed by atoms with Crippen molar-refractivity contribution < 1.29 is 13.2 Å². The van der Waals surface area contributed by atoms with E-state index in [1.165, 1.54) is 22.0 Å². The van der Waals surface area contributed by atoms with Crippen LogP contribution in [0.2, 0.25) is 0 Å². The molecule has 9 heteroatoms. The van der Waals surface area contributed by atoms with Crippen LogP contribution in [-0.4, -0.2) is 66.2 Å². The molecule has 1 aromatic heterocycles. The van der Waals surface area contributed by atoms with Gasteiger partial charge in [-0.25, -0.2) is 18.4 Å². The number of carbonyl (C=O) groups is 1. The Hall–Kier alpha value is -3.30. The summed E-state index contributed by atoms with van der Waals surface area (Å²) in [5.74, 6) is 0.568. The number of hydrogen-bond donors (Lipinski definition) is 0. The molecule has 0 bridgehead atoms. The maximum Gasteiger partial charge on any atom is 0.253 e. The highest BCUT2D eigenvalue weighted by atomic mass is 32.2. The monoisotopic (exact) mass is 463 g/mol. The lowest BCUT2D eigenvalue weighted by Crippen LogP contribution is -2.49. The molecule has 0 spiro atoms. The Morgan fingerprint density at radius 2 is 1.45 bits per heavy atom. The second kappa shape index (κ2) is 8.92. The fourth-order valence-electron chi connectivity index (χ4n) is 4.34. The third-order valence-corrected chi connectivity index (χ3v) is 8.10. The van der Waals surface area contributed by atoms with Crippen molar-refractivity contribution in [2.45, 2.75) is 17.9 Å². The van der Waals surface area contributed by atoms with Crippen LogP contribution >= 0.6 is 0 Å². The van der Waals surface area contributed by atoms with Gasteiger partial charge in [0.2, 0.25) is 16.0 Å². The summed E-state index contributed by atoms with van der Waals surface area (Å²) in [6.45, 7) is 3.25. The molecule has 0 N–H and O–H groups in total. The predicted octanol–water partition coefficient (Wildman–Crippen LogP) is 2.19. The number of anilines is 1. The molecule has 0 saturated carbocycles. The van der Waals surface area contributed by atoms with Crippen molar-refractivity contribution in [3.05, 3.63) is 83.7 Å². The lowest BCUT2D eigenvalue weighted by atomic mass is 10.0. The van der Waals surface area contributed by atoms with Gasteiger partial charge in [-0.2, -0.15) is 4.31 Å². The van der Waals surface area contributed by atoms with Gasteiger partial charge in [-0.3, -0.25) is 4.79 Å². The Morgan fingerprint density at radius 1 is 0.788 bits per heavy atom. The predicted molar refractivity (Wildman–Crippen MR) is 124 cm³/mol. The van der Waals surface area contributed by atoms with Crippen LogP contribution in [0.25, 0.3) is 0 Å². The highest BCUT2D eigenvalue weighted by Crippen LogP contribution is 2.25. The van der Waals surface area contributed by atoms with Gasteiger partial charge in [0.15, 0.2) is 0 Å². The number of rotatable bonds is 4. The standard InChI is InChI=1S/C24H25N5O3S/c30-23(27-14-16-28(17-15-27)24-25-11-3-12-26-24)20-6-8-22(9-7-20)33(31,32)29-13-10-19-4-1-2-5-21(19)18-29/h1-9,11-12H,10,13-18H2. The van der Waals surface area contributed by atoms with Gasteiger partial charge in [0, 0.05) is 57.2 Å². The first-order valence-electron chi connectivity index (χ1n) is 11.0. The van der Waals surface area contributed by atoms with Gasteiger partial charge in [-0.05, 0) is 47.9 Å². The minimum absolute atomic E-state index is 0.0977. The van der Waals surface area contributed by atoms with Crippen LogP contribution in [-0.2, 0) is 23.0 Å². The smallest absolute Gasteiger partial charge is 0.253 e. The summed E-state index contributed by atoms with van der Waals surface area (Å²) < 4.78 is 27.8. The number of carbonyl (C=O) groups excluding carboxylic acids is 1. The Labute approximate surface area is 193 Å². The molecule has 5 rings (SSSR count). The molecule has 1 amide bonds. The summed E-state index contributed by atoms with van der Waals surface area (Å²) in [5.41, 5.74) is 2.73. The Kier molecular flexibility index (Phi) is 5.82. The van der Waals surface area contributed by atoms with Gasteiger partial charge in [0.25, 0.3) is 5.91 Å². The number of benzene rings is 2. The third kappa shape index (κ3) is 4.34. The second-order valence-electron chi connectivity index (χ2n) is 8.21. The van der Waals surface area contributed by atoms with Crippen LogP contribution in [0.1, 0.15) is 21.5 Å². The van der Waals surface area contributed by atoms with E-state index in [1.807, 2.05) is 24.3 Å². The normalized spacial score (nSPS) is 17.0. The van der Waals surface area contributed by atoms with E-state index in [-0.39, 0.29) is 10.8 Å². The fraction of sp³-hybridized carbons (Fsp3) is 0.292. The van der Waals surface area contributed by atoms with Crippen LogP contribution in [0.15, 0.2) is 71.9 Å². The number of piperazine rings is 1. The molecule has 2 aliphatic rings. The van der Waals surface area contributed by atoms with Gasteiger partial charge < -0.3 is 9.80 Å². The Balaban J connectivity index is 1.24. The van der Waals surface area contributed by atoms with E-state index in [2.05, 4.69) is 14.9 Å².